The van der Waals surface area contributed by atoms with Gasteiger partial charge in [-0.3, -0.25) is 0 Å². The van der Waals surface area contributed by atoms with E-state index in [2.05, 4.69) is 83.1 Å². The molecule has 0 aliphatic heterocycles. The highest BCUT2D eigenvalue weighted by Crippen LogP contribution is 2.38. The predicted molar refractivity (Wildman–Crippen MR) is 238 cm³/mol. The van der Waals surface area contributed by atoms with E-state index in [1.165, 1.54) is 103 Å². The fourth-order valence-electron chi connectivity index (χ4n) is 6.93. The number of rotatable bonds is 37. The highest BCUT2D eigenvalue weighted by molar-refractivity contribution is 8.77. The first-order valence-electron chi connectivity index (χ1n) is 21.8. The molecule has 2 unspecified atom stereocenters. The van der Waals surface area contributed by atoms with Crippen LogP contribution in [-0.2, 0) is 28.4 Å². The van der Waals surface area contributed by atoms with Crippen molar-refractivity contribution >= 4 is 42.1 Å². The zero-order chi connectivity index (χ0) is 39.4. The number of hydrogen-bond acceptors (Lipinski definition) is 8. The van der Waals surface area contributed by atoms with Crippen LogP contribution in [0.5, 0.6) is 0 Å². The van der Waals surface area contributed by atoms with Gasteiger partial charge in [-0.15, -0.1) is 0 Å². The molecule has 0 aromatic carbocycles. The zero-order valence-electron chi connectivity index (χ0n) is 37.0. The van der Waals surface area contributed by atoms with E-state index >= 15 is 0 Å². The van der Waals surface area contributed by atoms with E-state index in [9.17, 15) is 0 Å². The molecule has 0 amide bonds. The highest BCUT2D eigenvalue weighted by atomic mass is 33.1. The van der Waals surface area contributed by atoms with Gasteiger partial charge in [0, 0.05) is 0 Å². The summed E-state index contributed by atoms with van der Waals surface area (Å²) >= 11 is 0. The minimum atomic E-state index is -0.327. The second-order valence-electron chi connectivity index (χ2n) is 17.1. The van der Waals surface area contributed by atoms with Gasteiger partial charge in [0.15, 0.2) is 0 Å². The standard InChI is InChI=1S/C42H90O6S2Si2/c1-33(2)43-39(29-25-21-17-13-15-19-23-27-31-41(51,45-35(5)6)46-36(7)8)49-50-40(44-34(3)4)30-26-22-18-14-16-20-24-28-32-42(52,47-37(9)10)48-38(11)12/h33-40H,13-32H2,1-12,51-52H3. The fourth-order valence-corrected chi connectivity index (χ4v) is 12.4. The maximum absolute atomic E-state index is 6.36. The summed E-state index contributed by atoms with van der Waals surface area (Å²) < 4.78 is 37.5. The van der Waals surface area contributed by atoms with Crippen molar-refractivity contribution in [1.29, 1.82) is 0 Å². The van der Waals surface area contributed by atoms with E-state index in [1.807, 2.05) is 21.6 Å². The van der Waals surface area contributed by atoms with Crippen LogP contribution in [0.3, 0.4) is 0 Å². The molecule has 314 valence electrons. The third-order valence-electron chi connectivity index (χ3n) is 8.70. The largest absolute Gasteiger partial charge is 0.364 e. The third kappa shape index (κ3) is 33.1. The lowest BCUT2D eigenvalue weighted by molar-refractivity contribution is -0.218. The molecular weight excluding hydrogens is 721 g/mol. The smallest absolute Gasteiger partial charge is 0.142 e. The van der Waals surface area contributed by atoms with Crippen molar-refractivity contribution in [3.63, 3.8) is 0 Å². The third-order valence-corrected chi connectivity index (χ3v) is 13.5. The molecule has 0 aliphatic carbocycles. The molecule has 52 heavy (non-hydrogen) atoms. The van der Waals surface area contributed by atoms with Gasteiger partial charge >= 0.3 is 0 Å². The summed E-state index contributed by atoms with van der Waals surface area (Å²) in [5.74, 6) is 0. The second-order valence-corrected chi connectivity index (χ2v) is 22.7. The van der Waals surface area contributed by atoms with Crippen LogP contribution in [0.15, 0.2) is 0 Å². The van der Waals surface area contributed by atoms with Gasteiger partial charge in [-0.25, -0.2) is 0 Å². The summed E-state index contributed by atoms with van der Waals surface area (Å²) in [5.41, 5.74) is -0.189. The second kappa shape index (κ2) is 31.9. The quantitative estimate of drug-likeness (QED) is 0.0266. The lowest BCUT2D eigenvalue weighted by Crippen LogP contribution is -2.41. The molecule has 0 fully saturated rings. The highest BCUT2D eigenvalue weighted by Gasteiger charge is 2.28. The number of ether oxygens (including phenoxy) is 6. The maximum atomic E-state index is 6.36. The van der Waals surface area contributed by atoms with Crippen molar-refractivity contribution in [1.82, 2.24) is 0 Å². The van der Waals surface area contributed by atoms with Gasteiger partial charge in [0.1, 0.15) is 21.7 Å². The first-order chi connectivity index (χ1) is 24.4. The molecule has 0 radical (unpaired) electrons. The monoisotopic (exact) mass is 811 g/mol. The van der Waals surface area contributed by atoms with Gasteiger partial charge in [-0.1, -0.05) is 98.6 Å². The summed E-state index contributed by atoms with van der Waals surface area (Å²) in [4.78, 5) is 0. The van der Waals surface area contributed by atoms with Gasteiger partial charge in [0.2, 0.25) is 0 Å². The molecule has 0 heterocycles. The Morgan fingerprint density at radius 3 is 0.808 bits per heavy atom. The van der Waals surface area contributed by atoms with E-state index in [-0.39, 0.29) is 58.3 Å². The Hall–Kier alpha value is 0.894. The molecule has 0 aromatic heterocycles. The van der Waals surface area contributed by atoms with Crippen LogP contribution >= 0.6 is 21.6 Å². The summed E-state index contributed by atoms with van der Waals surface area (Å²) in [5, 5.41) is 0. The lowest BCUT2D eigenvalue weighted by Gasteiger charge is -2.34. The van der Waals surface area contributed by atoms with Gasteiger partial charge in [-0.05, 0) is 134 Å². The molecule has 0 saturated heterocycles. The normalized spacial score (nSPS) is 14.4. The van der Waals surface area contributed by atoms with Crippen LogP contribution in [0.4, 0.5) is 0 Å². The molecule has 0 aliphatic rings. The van der Waals surface area contributed by atoms with Crippen LogP contribution in [0.1, 0.15) is 212 Å². The van der Waals surface area contributed by atoms with Crippen LogP contribution in [0, 0.1) is 0 Å². The molecule has 0 spiro atoms. The molecule has 2 atom stereocenters. The average Bonchev–Trinajstić information content (AvgIpc) is 2.99. The Balaban J connectivity index is 4.28. The fraction of sp³-hybridized carbons (Fsp3) is 1.00. The lowest BCUT2D eigenvalue weighted by atomic mass is 10.1. The molecule has 0 bridgehead atoms. The summed E-state index contributed by atoms with van der Waals surface area (Å²) in [7, 11) is 5.64. The Morgan fingerprint density at radius 2 is 0.577 bits per heavy atom. The molecule has 0 aromatic rings. The van der Waals surface area contributed by atoms with E-state index < -0.39 is 0 Å². The van der Waals surface area contributed by atoms with Crippen molar-refractivity contribution < 1.29 is 28.4 Å². The first kappa shape index (κ1) is 52.9. The van der Waals surface area contributed by atoms with Crippen molar-refractivity contribution in [2.75, 3.05) is 0 Å². The van der Waals surface area contributed by atoms with Crippen LogP contribution < -0.4 is 0 Å². The summed E-state index contributed by atoms with van der Waals surface area (Å²) in [6.07, 6.45) is 26.2. The molecule has 6 nitrogen and oxygen atoms in total. The molecule has 10 heteroatoms. The van der Waals surface area contributed by atoms with Crippen LogP contribution in [0.2, 0.25) is 0 Å². The molecule has 0 saturated carbocycles. The topological polar surface area (TPSA) is 55.4 Å². The summed E-state index contributed by atoms with van der Waals surface area (Å²) in [6.45, 7) is 25.6. The van der Waals surface area contributed by atoms with E-state index in [0.717, 1.165) is 46.2 Å². The minimum Gasteiger partial charge on any atom is -0.364 e. The molecule has 0 N–H and O–H groups in total. The Labute approximate surface area is 338 Å². The van der Waals surface area contributed by atoms with E-state index in [4.69, 9.17) is 28.4 Å². The number of unbranched alkanes of at least 4 members (excludes halogenated alkanes) is 14. The molecule has 0 rings (SSSR count). The Bertz CT molecular complexity index is 718. The van der Waals surface area contributed by atoms with Crippen molar-refractivity contribution in [2.45, 2.75) is 270 Å². The number of hydrogen-bond donors (Lipinski definition) is 0. The van der Waals surface area contributed by atoms with Crippen molar-refractivity contribution in [3.8, 4) is 0 Å². The van der Waals surface area contributed by atoms with Crippen LogP contribution in [0.25, 0.3) is 0 Å². The van der Waals surface area contributed by atoms with Gasteiger partial charge in [0.05, 0.1) is 57.1 Å². The van der Waals surface area contributed by atoms with E-state index in [0.29, 0.717) is 0 Å². The Kier molecular flexibility index (Phi) is 32.5. The predicted octanol–water partition coefficient (Wildman–Crippen LogP) is 11.4. The van der Waals surface area contributed by atoms with Crippen LogP contribution in [-0.4, -0.2) is 78.8 Å². The van der Waals surface area contributed by atoms with Gasteiger partial charge < -0.3 is 28.4 Å². The summed E-state index contributed by atoms with van der Waals surface area (Å²) in [6, 6.07) is 0. The van der Waals surface area contributed by atoms with E-state index in [1.54, 1.807) is 0 Å². The van der Waals surface area contributed by atoms with Crippen molar-refractivity contribution in [2.24, 2.45) is 0 Å². The zero-order valence-corrected chi connectivity index (χ0v) is 42.7. The molecular formula is C42H90O6S2Si2. The maximum Gasteiger partial charge on any atom is 0.142 e. The van der Waals surface area contributed by atoms with Gasteiger partial charge in [-0.2, -0.15) is 0 Å². The average molecular weight is 811 g/mol. The SMILES string of the molecule is CC(C)OC(CCCCCCCCCCC([SiH3])(OC(C)C)OC(C)C)SSC(CCCCCCCCCCC([SiH3])(OC(C)C)OC(C)C)OC(C)C. The van der Waals surface area contributed by atoms with Gasteiger partial charge in [0.25, 0.3) is 0 Å². The first-order valence-corrected chi connectivity index (χ1v) is 26.1. The van der Waals surface area contributed by atoms with Crippen molar-refractivity contribution in [3.05, 3.63) is 0 Å². The minimum absolute atomic E-state index is 0.213. The Morgan fingerprint density at radius 1 is 0.346 bits per heavy atom.